The Balaban J connectivity index is 1.61. The second kappa shape index (κ2) is 9.12. The van der Waals surface area contributed by atoms with Gasteiger partial charge in [-0.3, -0.25) is 10.1 Å². The molecule has 3 N–H and O–H groups in total. The van der Waals surface area contributed by atoms with Crippen molar-refractivity contribution < 1.29 is 9.82 Å². The SMILES string of the molecule is O=[N+]([O-])c1ccc(Cl)c(NC(=S)NCc2ccccc2C[NH+]2CCCC2)c1. The maximum atomic E-state index is 10.9. The number of hydrogen-bond donors (Lipinski definition) is 3. The third-order valence-electron chi connectivity index (χ3n) is 4.72. The summed E-state index contributed by atoms with van der Waals surface area (Å²) in [6.45, 7) is 4.07. The summed E-state index contributed by atoms with van der Waals surface area (Å²) in [5.41, 5.74) is 2.89. The zero-order valence-corrected chi connectivity index (χ0v) is 16.4. The first kappa shape index (κ1) is 19.5. The number of likely N-dealkylation sites (tertiary alicyclic amines) is 1. The molecule has 1 aliphatic heterocycles. The molecule has 0 amide bonds. The van der Waals surface area contributed by atoms with Crippen LogP contribution in [0.4, 0.5) is 11.4 Å². The lowest BCUT2D eigenvalue weighted by molar-refractivity contribution is -0.901. The van der Waals surface area contributed by atoms with Gasteiger partial charge in [0.1, 0.15) is 6.54 Å². The van der Waals surface area contributed by atoms with Gasteiger partial charge in [0.15, 0.2) is 5.11 Å². The molecule has 6 nitrogen and oxygen atoms in total. The molecular formula is C19H22ClN4O2S+. The van der Waals surface area contributed by atoms with E-state index in [9.17, 15) is 10.1 Å². The number of quaternary nitrogens is 1. The summed E-state index contributed by atoms with van der Waals surface area (Å²) in [5, 5.41) is 17.8. The lowest BCUT2D eigenvalue weighted by atomic mass is 10.1. The van der Waals surface area contributed by atoms with Crippen LogP contribution >= 0.6 is 23.8 Å². The summed E-state index contributed by atoms with van der Waals surface area (Å²) >= 11 is 11.4. The van der Waals surface area contributed by atoms with Crippen LogP contribution in [0.25, 0.3) is 0 Å². The molecule has 0 radical (unpaired) electrons. The Morgan fingerprint density at radius 2 is 1.89 bits per heavy atom. The van der Waals surface area contributed by atoms with E-state index in [1.807, 2.05) is 6.07 Å². The first-order chi connectivity index (χ1) is 13.0. The van der Waals surface area contributed by atoms with Crippen molar-refractivity contribution in [3.63, 3.8) is 0 Å². The molecular weight excluding hydrogens is 384 g/mol. The first-order valence-corrected chi connectivity index (χ1v) is 9.70. The van der Waals surface area contributed by atoms with Crippen molar-refractivity contribution in [2.24, 2.45) is 0 Å². The molecule has 0 unspecified atom stereocenters. The summed E-state index contributed by atoms with van der Waals surface area (Å²) in [7, 11) is 0. The molecule has 0 spiro atoms. The molecule has 1 heterocycles. The van der Waals surface area contributed by atoms with Crippen LogP contribution in [0.3, 0.4) is 0 Å². The standard InChI is InChI=1S/C19H21ClN4O2S/c20-17-8-7-16(24(25)26)11-18(17)22-19(27)21-12-14-5-1-2-6-15(14)13-23-9-3-4-10-23/h1-2,5-8,11H,3-4,9-10,12-13H2,(H2,21,22,27)/p+1. The third-order valence-corrected chi connectivity index (χ3v) is 5.29. The fourth-order valence-corrected chi connectivity index (χ4v) is 3.64. The molecule has 8 heteroatoms. The van der Waals surface area contributed by atoms with E-state index < -0.39 is 4.92 Å². The van der Waals surface area contributed by atoms with Crippen LogP contribution in [0.2, 0.25) is 5.02 Å². The number of nitrogens with one attached hydrogen (secondary N) is 3. The van der Waals surface area contributed by atoms with E-state index in [4.69, 9.17) is 23.8 Å². The largest absolute Gasteiger partial charge is 0.358 e. The molecule has 0 aromatic heterocycles. The van der Waals surface area contributed by atoms with Crippen molar-refractivity contribution >= 4 is 40.3 Å². The van der Waals surface area contributed by atoms with E-state index in [1.54, 1.807) is 4.90 Å². The van der Waals surface area contributed by atoms with Gasteiger partial charge >= 0.3 is 0 Å². The van der Waals surface area contributed by atoms with E-state index in [0.717, 1.165) is 6.54 Å². The van der Waals surface area contributed by atoms with Crippen molar-refractivity contribution in [3.05, 3.63) is 68.7 Å². The number of nitro benzene ring substituents is 1. The molecule has 0 atom stereocenters. The fourth-order valence-electron chi connectivity index (χ4n) is 3.29. The molecule has 142 valence electrons. The summed E-state index contributed by atoms with van der Waals surface area (Å²) in [6.07, 6.45) is 2.60. The fraction of sp³-hybridized carbons (Fsp3) is 0.316. The Hall–Kier alpha value is -2.22. The van der Waals surface area contributed by atoms with E-state index in [2.05, 4.69) is 28.8 Å². The quantitative estimate of drug-likeness (QED) is 0.391. The van der Waals surface area contributed by atoms with Gasteiger partial charge in [-0.05, 0) is 23.8 Å². The molecule has 2 aromatic carbocycles. The number of hydrogen-bond acceptors (Lipinski definition) is 3. The molecule has 1 saturated heterocycles. The molecule has 1 fully saturated rings. The highest BCUT2D eigenvalue weighted by atomic mass is 35.5. The molecule has 0 saturated carbocycles. The second-order valence-electron chi connectivity index (χ2n) is 6.63. The van der Waals surface area contributed by atoms with Crippen molar-refractivity contribution in [1.82, 2.24) is 5.32 Å². The number of nitro groups is 1. The third kappa shape index (κ3) is 5.38. The van der Waals surface area contributed by atoms with Gasteiger partial charge in [-0.2, -0.15) is 0 Å². The molecule has 0 aliphatic carbocycles. The number of halogens is 1. The van der Waals surface area contributed by atoms with Crippen molar-refractivity contribution in [2.75, 3.05) is 18.4 Å². The van der Waals surface area contributed by atoms with E-state index in [0.29, 0.717) is 22.4 Å². The Kier molecular flexibility index (Phi) is 6.60. The van der Waals surface area contributed by atoms with Crippen LogP contribution in [-0.2, 0) is 13.1 Å². The monoisotopic (exact) mass is 405 g/mol. The van der Waals surface area contributed by atoms with E-state index in [-0.39, 0.29) is 5.69 Å². The van der Waals surface area contributed by atoms with Crippen molar-refractivity contribution in [2.45, 2.75) is 25.9 Å². The minimum absolute atomic E-state index is 0.0383. The summed E-state index contributed by atoms with van der Waals surface area (Å²) in [6, 6.07) is 12.6. The smallest absolute Gasteiger partial charge is 0.271 e. The maximum absolute atomic E-state index is 10.9. The summed E-state index contributed by atoms with van der Waals surface area (Å²) in [5.74, 6) is 0. The van der Waals surface area contributed by atoms with Gasteiger partial charge in [0.25, 0.3) is 5.69 Å². The highest BCUT2D eigenvalue weighted by molar-refractivity contribution is 7.80. The Morgan fingerprint density at radius 1 is 1.19 bits per heavy atom. The number of nitrogens with zero attached hydrogens (tertiary/aromatic N) is 1. The zero-order valence-electron chi connectivity index (χ0n) is 14.8. The Labute approximate surface area is 168 Å². The molecule has 27 heavy (non-hydrogen) atoms. The topological polar surface area (TPSA) is 71.6 Å². The lowest BCUT2D eigenvalue weighted by Crippen LogP contribution is -3.08. The summed E-state index contributed by atoms with van der Waals surface area (Å²) in [4.78, 5) is 12.1. The van der Waals surface area contributed by atoms with E-state index >= 15 is 0 Å². The normalized spacial score (nSPS) is 14.1. The lowest BCUT2D eigenvalue weighted by Gasteiger charge is -2.16. The maximum Gasteiger partial charge on any atom is 0.271 e. The first-order valence-electron chi connectivity index (χ1n) is 8.92. The highest BCUT2D eigenvalue weighted by Gasteiger charge is 2.17. The van der Waals surface area contributed by atoms with Gasteiger partial charge in [-0.25, -0.2) is 0 Å². The number of rotatable bonds is 6. The Bertz CT molecular complexity index is 840. The zero-order chi connectivity index (χ0) is 19.2. The van der Waals surface area contributed by atoms with Crippen molar-refractivity contribution in [3.8, 4) is 0 Å². The number of anilines is 1. The average molecular weight is 406 g/mol. The van der Waals surface area contributed by atoms with Crippen molar-refractivity contribution in [1.29, 1.82) is 0 Å². The number of benzene rings is 2. The predicted octanol–water partition coefficient (Wildman–Crippen LogP) is 2.91. The van der Waals surface area contributed by atoms with E-state index in [1.165, 1.54) is 55.3 Å². The second-order valence-corrected chi connectivity index (χ2v) is 7.45. The predicted molar refractivity (Wildman–Crippen MR) is 111 cm³/mol. The van der Waals surface area contributed by atoms with Crippen LogP contribution in [0.5, 0.6) is 0 Å². The molecule has 3 rings (SSSR count). The highest BCUT2D eigenvalue weighted by Crippen LogP contribution is 2.26. The minimum atomic E-state index is -0.463. The van der Waals surface area contributed by atoms with Crippen LogP contribution in [0.1, 0.15) is 24.0 Å². The van der Waals surface area contributed by atoms with Crippen LogP contribution in [0.15, 0.2) is 42.5 Å². The van der Waals surface area contributed by atoms with Crippen LogP contribution < -0.4 is 15.5 Å². The van der Waals surface area contributed by atoms with Gasteiger partial charge in [0.05, 0.1) is 28.7 Å². The van der Waals surface area contributed by atoms with Crippen LogP contribution in [-0.4, -0.2) is 23.1 Å². The number of thiocarbonyl (C=S) groups is 1. The molecule has 2 aromatic rings. The van der Waals surface area contributed by atoms with Gasteiger partial charge in [-0.15, -0.1) is 0 Å². The van der Waals surface area contributed by atoms with Gasteiger partial charge < -0.3 is 15.5 Å². The molecule has 0 bridgehead atoms. The average Bonchev–Trinajstić information content (AvgIpc) is 3.16. The summed E-state index contributed by atoms with van der Waals surface area (Å²) < 4.78 is 0. The van der Waals surface area contributed by atoms with Gasteiger partial charge in [0.2, 0.25) is 0 Å². The minimum Gasteiger partial charge on any atom is -0.358 e. The van der Waals surface area contributed by atoms with Gasteiger partial charge in [0, 0.05) is 37.1 Å². The molecule has 1 aliphatic rings. The van der Waals surface area contributed by atoms with Crippen LogP contribution in [0, 0.1) is 10.1 Å². The van der Waals surface area contributed by atoms with Gasteiger partial charge in [-0.1, -0.05) is 35.9 Å². The number of non-ortho nitro benzene ring substituents is 1. The Morgan fingerprint density at radius 3 is 2.59 bits per heavy atom.